The Kier molecular flexibility index (Phi) is 7.05. The molecule has 7 heteroatoms. The molecule has 0 radical (unpaired) electrons. The molecule has 2 amide bonds. The van der Waals surface area contributed by atoms with Crippen LogP contribution in [0.3, 0.4) is 0 Å². The third kappa shape index (κ3) is 6.37. The van der Waals surface area contributed by atoms with Gasteiger partial charge in [0.1, 0.15) is 6.61 Å². The number of carbonyl (C=O) groups is 3. The zero-order valence-electron chi connectivity index (χ0n) is 13.6. The van der Waals surface area contributed by atoms with Crippen LogP contribution in [0.5, 0.6) is 0 Å². The molecule has 0 atom stereocenters. The van der Waals surface area contributed by atoms with Crippen molar-refractivity contribution in [1.29, 1.82) is 0 Å². The molecule has 0 spiro atoms. The van der Waals surface area contributed by atoms with E-state index in [2.05, 4.69) is 10.6 Å². The van der Waals surface area contributed by atoms with Crippen LogP contribution in [-0.4, -0.2) is 30.4 Å². The molecule has 7 nitrogen and oxygen atoms in total. The van der Waals surface area contributed by atoms with Gasteiger partial charge in [0, 0.05) is 29.3 Å². The molecule has 126 valence electrons. The fourth-order valence-corrected chi connectivity index (χ4v) is 1.86. The van der Waals surface area contributed by atoms with Crippen LogP contribution < -0.4 is 16.4 Å². The number of rotatable bonds is 8. The van der Waals surface area contributed by atoms with E-state index in [0.29, 0.717) is 11.1 Å². The molecule has 0 unspecified atom stereocenters. The van der Waals surface area contributed by atoms with Crippen molar-refractivity contribution in [2.24, 2.45) is 5.73 Å². The third-order valence-electron chi connectivity index (χ3n) is 2.91. The number of primary amides is 1. The minimum atomic E-state index is -0.631. The molecule has 0 saturated heterocycles. The summed E-state index contributed by atoms with van der Waals surface area (Å²) in [6.07, 6.45) is 0.260. The predicted molar refractivity (Wildman–Crippen MR) is 86.8 cm³/mol. The number of esters is 1. The lowest BCUT2D eigenvalue weighted by Crippen LogP contribution is -2.33. The highest BCUT2D eigenvalue weighted by Gasteiger charge is 2.14. The number of nitrogens with one attached hydrogen (secondary N) is 2. The van der Waals surface area contributed by atoms with Gasteiger partial charge in [-0.1, -0.05) is 13.0 Å². The van der Waals surface area contributed by atoms with Crippen molar-refractivity contribution in [3.63, 3.8) is 0 Å². The summed E-state index contributed by atoms with van der Waals surface area (Å²) in [7, 11) is 0. The summed E-state index contributed by atoms with van der Waals surface area (Å²) in [6, 6.07) is 5.37. The minimum absolute atomic E-state index is 0.00600. The Morgan fingerprint density at radius 3 is 2.52 bits per heavy atom. The zero-order chi connectivity index (χ0) is 17.4. The van der Waals surface area contributed by atoms with Gasteiger partial charge in [0.05, 0.1) is 6.54 Å². The van der Waals surface area contributed by atoms with Gasteiger partial charge in [-0.15, -0.1) is 0 Å². The van der Waals surface area contributed by atoms with Crippen LogP contribution in [0.1, 0.15) is 43.1 Å². The Morgan fingerprint density at radius 1 is 1.26 bits per heavy atom. The van der Waals surface area contributed by atoms with Gasteiger partial charge in [-0.3, -0.25) is 14.4 Å². The minimum Gasteiger partial charge on any atom is -0.461 e. The average molecular weight is 321 g/mol. The second kappa shape index (κ2) is 8.77. The number of hydrogen-bond donors (Lipinski definition) is 3. The van der Waals surface area contributed by atoms with Gasteiger partial charge >= 0.3 is 5.97 Å². The SMILES string of the molecule is CCC(=O)OCc1ccc(NC(C)C)cc1C(=O)NCC(N)=O. The maximum absolute atomic E-state index is 12.2. The fraction of sp³-hybridized carbons (Fsp3) is 0.438. The summed E-state index contributed by atoms with van der Waals surface area (Å²) in [5.74, 6) is -1.43. The van der Waals surface area contributed by atoms with Gasteiger partial charge < -0.3 is 21.1 Å². The van der Waals surface area contributed by atoms with Gasteiger partial charge in [-0.25, -0.2) is 0 Å². The largest absolute Gasteiger partial charge is 0.461 e. The first-order chi connectivity index (χ1) is 10.8. The summed E-state index contributed by atoms with van der Waals surface area (Å²) in [5.41, 5.74) is 6.69. The van der Waals surface area contributed by atoms with Crippen LogP contribution in [0.4, 0.5) is 5.69 Å². The quantitative estimate of drug-likeness (QED) is 0.623. The summed E-state index contributed by atoms with van der Waals surface area (Å²) < 4.78 is 5.08. The summed E-state index contributed by atoms with van der Waals surface area (Å²) in [5, 5.41) is 5.63. The van der Waals surface area contributed by atoms with E-state index in [-0.39, 0.29) is 31.6 Å². The first-order valence-corrected chi connectivity index (χ1v) is 7.45. The van der Waals surface area contributed by atoms with Crippen molar-refractivity contribution in [3.8, 4) is 0 Å². The molecule has 0 aliphatic rings. The number of ether oxygens (including phenoxy) is 1. The van der Waals surface area contributed by atoms with E-state index in [1.165, 1.54) is 0 Å². The van der Waals surface area contributed by atoms with Crippen molar-refractivity contribution < 1.29 is 19.1 Å². The Labute approximate surface area is 135 Å². The van der Waals surface area contributed by atoms with E-state index >= 15 is 0 Å². The molecular weight excluding hydrogens is 298 g/mol. The van der Waals surface area contributed by atoms with Crippen LogP contribution in [0.25, 0.3) is 0 Å². The van der Waals surface area contributed by atoms with E-state index in [1.807, 2.05) is 13.8 Å². The number of carbonyl (C=O) groups excluding carboxylic acids is 3. The van der Waals surface area contributed by atoms with Gasteiger partial charge in [-0.05, 0) is 26.0 Å². The molecule has 1 aromatic carbocycles. The predicted octanol–water partition coefficient (Wildman–Crippen LogP) is 1.18. The Hall–Kier alpha value is -2.57. The molecule has 0 saturated carbocycles. The smallest absolute Gasteiger partial charge is 0.305 e. The van der Waals surface area contributed by atoms with E-state index in [0.717, 1.165) is 5.69 Å². The van der Waals surface area contributed by atoms with Gasteiger partial charge in [0.2, 0.25) is 5.91 Å². The lowest BCUT2D eigenvalue weighted by atomic mass is 10.1. The fourth-order valence-electron chi connectivity index (χ4n) is 1.86. The highest BCUT2D eigenvalue weighted by Crippen LogP contribution is 2.18. The number of nitrogens with two attached hydrogens (primary N) is 1. The van der Waals surface area contributed by atoms with Gasteiger partial charge in [-0.2, -0.15) is 0 Å². The normalized spacial score (nSPS) is 10.3. The van der Waals surface area contributed by atoms with Crippen molar-refractivity contribution >= 4 is 23.5 Å². The first-order valence-electron chi connectivity index (χ1n) is 7.45. The van der Waals surface area contributed by atoms with E-state index in [4.69, 9.17) is 10.5 Å². The van der Waals surface area contributed by atoms with Gasteiger partial charge in [0.25, 0.3) is 5.91 Å². The molecule has 0 heterocycles. The molecule has 0 bridgehead atoms. The maximum Gasteiger partial charge on any atom is 0.305 e. The van der Waals surface area contributed by atoms with Crippen LogP contribution in [0, 0.1) is 0 Å². The second-order valence-electron chi connectivity index (χ2n) is 5.33. The van der Waals surface area contributed by atoms with Crippen molar-refractivity contribution in [1.82, 2.24) is 5.32 Å². The highest BCUT2D eigenvalue weighted by atomic mass is 16.5. The summed E-state index contributed by atoms with van der Waals surface area (Å²) in [6.45, 7) is 5.38. The maximum atomic E-state index is 12.2. The standard InChI is InChI=1S/C16H23N3O4/c1-4-15(21)23-9-11-5-6-12(19-10(2)3)7-13(11)16(22)18-8-14(17)20/h5-7,10,19H,4,8-9H2,1-3H3,(H2,17,20)(H,18,22). The van der Waals surface area contributed by atoms with Crippen molar-refractivity contribution in [2.75, 3.05) is 11.9 Å². The molecule has 0 aromatic heterocycles. The van der Waals surface area contributed by atoms with Crippen LogP contribution in [0.2, 0.25) is 0 Å². The number of amides is 2. The lowest BCUT2D eigenvalue weighted by Gasteiger charge is -2.15. The van der Waals surface area contributed by atoms with E-state index in [9.17, 15) is 14.4 Å². The van der Waals surface area contributed by atoms with Crippen molar-refractivity contribution in [2.45, 2.75) is 39.8 Å². The number of anilines is 1. The number of benzene rings is 1. The molecule has 0 fully saturated rings. The molecule has 23 heavy (non-hydrogen) atoms. The monoisotopic (exact) mass is 321 g/mol. The summed E-state index contributed by atoms with van der Waals surface area (Å²) >= 11 is 0. The van der Waals surface area contributed by atoms with Crippen LogP contribution in [0.15, 0.2) is 18.2 Å². The molecule has 0 aliphatic carbocycles. The van der Waals surface area contributed by atoms with Crippen molar-refractivity contribution in [3.05, 3.63) is 29.3 Å². The third-order valence-corrected chi connectivity index (χ3v) is 2.91. The summed E-state index contributed by atoms with van der Waals surface area (Å²) in [4.78, 5) is 34.3. The molecular formula is C16H23N3O4. The Balaban J connectivity index is 2.99. The Bertz CT molecular complexity index is 585. The average Bonchev–Trinajstić information content (AvgIpc) is 2.50. The molecule has 1 aromatic rings. The molecule has 0 aliphatic heterocycles. The first kappa shape index (κ1) is 18.5. The van der Waals surface area contributed by atoms with E-state index < -0.39 is 11.8 Å². The topological polar surface area (TPSA) is 111 Å². The second-order valence-corrected chi connectivity index (χ2v) is 5.33. The molecule has 4 N–H and O–H groups in total. The van der Waals surface area contributed by atoms with Crippen LogP contribution >= 0.6 is 0 Å². The van der Waals surface area contributed by atoms with Gasteiger partial charge in [0.15, 0.2) is 0 Å². The van der Waals surface area contributed by atoms with E-state index in [1.54, 1.807) is 25.1 Å². The lowest BCUT2D eigenvalue weighted by molar-refractivity contribution is -0.144. The zero-order valence-corrected chi connectivity index (χ0v) is 13.6. The molecule has 1 rings (SSSR count). The van der Waals surface area contributed by atoms with Crippen LogP contribution in [-0.2, 0) is 20.9 Å². The Morgan fingerprint density at radius 2 is 1.96 bits per heavy atom. The highest BCUT2D eigenvalue weighted by molar-refractivity contribution is 5.98. The number of hydrogen-bond acceptors (Lipinski definition) is 5.